The molecule has 0 aromatic heterocycles. The van der Waals surface area contributed by atoms with Crippen LogP contribution in [0, 0.1) is 0 Å². The summed E-state index contributed by atoms with van der Waals surface area (Å²) >= 11 is 0. The molecule has 164 valence electrons. The van der Waals surface area contributed by atoms with Gasteiger partial charge in [0.25, 0.3) is 0 Å². The lowest BCUT2D eigenvalue weighted by atomic mass is 9.99. The summed E-state index contributed by atoms with van der Waals surface area (Å²) in [5.74, 6) is -1.09. The molecule has 8 nitrogen and oxygen atoms in total. The minimum absolute atomic E-state index is 0.0514. The molecule has 4 rings (SSSR count). The zero-order chi connectivity index (χ0) is 23.3. The smallest absolute Gasteiger partial charge is 0.382 e. The number of carbonyl (C=O) groups excluding carboxylic acids is 3. The maximum Gasteiger partial charge on any atom is 0.382 e. The van der Waals surface area contributed by atoms with E-state index in [0.29, 0.717) is 22.8 Å². The van der Waals surface area contributed by atoms with Crippen LogP contribution in [0.1, 0.15) is 19.4 Å². The minimum Gasteiger partial charge on any atom is -0.497 e. The summed E-state index contributed by atoms with van der Waals surface area (Å²) in [4.78, 5) is 45.6. The van der Waals surface area contributed by atoms with E-state index in [2.05, 4.69) is 16.4 Å². The van der Waals surface area contributed by atoms with Crippen molar-refractivity contribution < 1.29 is 38.4 Å². The van der Waals surface area contributed by atoms with Gasteiger partial charge in [0, 0.05) is 11.1 Å². The highest BCUT2D eigenvalue weighted by molar-refractivity contribution is 6.03. The Morgan fingerprint density at radius 3 is 2.06 bits per heavy atom. The number of methoxy groups -OCH3 is 1. The number of allylic oxidation sites excluding steroid dienone is 1. The van der Waals surface area contributed by atoms with Gasteiger partial charge in [-0.1, -0.05) is 18.7 Å². The standard InChI is InChI=1S/C24H20O8/c1-14(2)23(26)31-32-24(27)15(3)22-16-5-7-18(8-6-16)29-20(22)13-21(25)30-19-11-9-17(28-4)10-12-19/h5-13H,1H2,2-4H3/b20-13+,22-15+. The van der Waals surface area contributed by atoms with Crippen LogP contribution < -0.4 is 14.2 Å². The molecular weight excluding hydrogens is 416 g/mol. The Bertz CT molecular complexity index is 1120. The van der Waals surface area contributed by atoms with E-state index < -0.39 is 17.9 Å². The van der Waals surface area contributed by atoms with Crippen LogP contribution in [-0.4, -0.2) is 25.0 Å². The first-order chi connectivity index (χ1) is 15.3. The highest BCUT2D eigenvalue weighted by Gasteiger charge is 2.25. The highest BCUT2D eigenvalue weighted by Crippen LogP contribution is 2.35. The molecule has 2 bridgehead atoms. The molecule has 2 heterocycles. The number of rotatable bonds is 5. The summed E-state index contributed by atoms with van der Waals surface area (Å²) in [7, 11) is 1.53. The van der Waals surface area contributed by atoms with E-state index in [1.165, 1.54) is 21.0 Å². The molecule has 2 aliphatic heterocycles. The van der Waals surface area contributed by atoms with Crippen molar-refractivity contribution in [3.8, 4) is 17.2 Å². The molecule has 0 aliphatic carbocycles. The van der Waals surface area contributed by atoms with E-state index in [4.69, 9.17) is 14.2 Å². The molecule has 2 aliphatic rings. The largest absolute Gasteiger partial charge is 0.497 e. The van der Waals surface area contributed by atoms with Crippen LogP contribution >= 0.6 is 0 Å². The summed E-state index contributed by atoms with van der Waals surface area (Å²) < 4.78 is 16.2. The molecule has 0 amide bonds. The molecule has 0 fully saturated rings. The summed E-state index contributed by atoms with van der Waals surface area (Å²) in [6.45, 7) is 6.28. The van der Waals surface area contributed by atoms with Crippen molar-refractivity contribution in [3.63, 3.8) is 0 Å². The lowest BCUT2D eigenvalue weighted by Gasteiger charge is -2.12. The lowest BCUT2D eigenvalue weighted by Crippen LogP contribution is -2.15. The molecule has 8 heteroatoms. The Hall–Kier alpha value is -4.33. The Morgan fingerprint density at radius 2 is 1.47 bits per heavy atom. The van der Waals surface area contributed by atoms with Crippen LogP contribution in [-0.2, 0) is 24.2 Å². The van der Waals surface area contributed by atoms with Crippen LogP contribution in [0.15, 0.2) is 78.1 Å². The molecular formula is C24H20O8. The third kappa shape index (κ3) is 5.23. The van der Waals surface area contributed by atoms with Gasteiger partial charge >= 0.3 is 17.9 Å². The van der Waals surface area contributed by atoms with E-state index in [9.17, 15) is 14.4 Å². The van der Waals surface area contributed by atoms with Crippen molar-refractivity contribution in [2.24, 2.45) is 0 Å². The highest BCUT2D eigenvalue weighted by atomic mass is 17.2. The fraction of sp³-hybridized carbons (Fsp3) is 0.125. The molecule has 0 spiro atoms. The molecule has 0 N–H and O–H groups in total. The number of ether oxygens (including phenoxy) is 3. The van der Waals surface area contributed by atoms with Crippen LogP contribution in [0.5, 0.6) is 17.2 Å². The lowest BCUT2D eigenvalue weighted by molar-refractivity contribution is -0.252. The predicted octanol–water partition coefficient (Wildman–Crippen LogP) is 3.93. The molecule has 2 aromatic rings. The van der Waals surface area contributed by atoms with Gasteiger partial charge in [0.2, 0.25) is 0 Å². The van der Waals surface area contributed by atoms with Crippen molar-refractivity contribution in [1.82, 2.24) is 0 Å². The maximum absolute atomic E-state index is 12.5. The van der Waals surface area contributed by atoms with Crippen molar-refractivity contribution in [1.29, 1.82) is 0 Å². The number of benzene rings is 2. The van der Waals surface area contributed by atoms with Crippen molar-refractivity contribution in [3.05, 3.63) is 83.7 Å². The first-order valence-electron chi connectivity index (χ1n) is 9.44. The Morgan fingerprint density at radius 1 is 0.875 bits per heavy atom. The molecule has 0 saturated carbocycles. The first-order valence-corrected chi connectivity index (χ1v) is 9.44. The predicted molar refractivity (Wildman–Crippen MR) is 113 cm³/mol. The average Bonchev–Trinajstić information content (AvgIpc) is 3.05. The van der Waals surface area contributed by atoms with Crippen LogP contribution in [0.3, 0.4) is 0 Å². The maximum atomic E-state index is 12.5. The third-order valence-corrected chi connectivity index (χ3v) is 4.37. The third-order valence-electron chi connectivity index (χ3n) is 4.37. The number of esters is 1. The van der Waals surface area contributed by atoms with E-state index in [0.717, 1.165) is 6.08 Å². The Kier molecular flexibility index (Phi) is 6.74. The molecule has 0 saturated heterocycles. The van der Waals surface area contributed by atoms with E-state index >= 15 is 0 Å². The number of fused-ring (bicyclic) bond motifs is 4. The quantitative estimate of drug-likeness (QED) is 0.229. The van der Waals surface area contributed by atoms with Gasteiger partial charge in [0.15, 0.2) is 0 Å². The first kappa shape index (κ1) is 22.4. The number of hydrogen-bond acceptors (Lipinski definition) is 8. The zero-order valence-electron chi connectivity index (χ0n) is 17.7. The normalized spacial score (nSPS) is 14.7. The summed E-state index contributed by atoms with van der Waals surface area (Å²) in [6, 6.07) is 13.3. The monoisotopic (exact) mass is 436 g/mol. The van der Waals surface area contributed by atoms with E-state index in [1.54, 1.807) is 48.5 Å². The number of hydrogen-bond donors (Lipinski definition) is 0. The second-order valence-electron chi connectivity index (χ2n) is 6.75. The second-order valence-corrected chi connectivity index (χ2v) is 6.75. The molecule has 2 aromatic carbocycles. The van der Waals surface area contributed by atoms with Gasteiger partial charge in [-0.2, -0.15) is 0 Å². The van der Waals surface area contributed by atoms with Gasteiger partial charge in [0.05, 0.1) is 18.8 Å². The molecule has 0 radical (unpaired) electrons. The van der Waals surface area contributed by atoms with Crippen LogP contribution in [0.25, 0.3) is 5.57 Å². The van der Waals surface area contributed by atoms with Gasteiger partial charge in [0.1, 0.15) is 23.0 Å². The van der Waals surface area contributed by atoms with Gasteiger partial charge in [-0.05, 0) is 55.8 Å². The SMILES string of the molecule is C=C(C)C(=O)OOC(=O)/C(C)=C1/C(=C\C(=O)Oc2ccc(OC)cc2)Oc2ccc1cc2. The van der Waals surface area contributed by atoms with Crippen LogP contribution in [0.2, 0.25) is 0 Å². The van der Waals surface area contributed by atoms with Gasteiger partial charge < -0.3 is 14.2 Å². The second kappa shape index (κ2) is 9.65. The van der Waals surface area contributed by atoms with Crippen molar-refractivity contribution in [2.45, 2.75) is 13.8 Å². The molecule has 32 heavy (non-hydrogen) atoms. The van der Waals surface area contributed by atoms with Crippen molar-refractivity contribution >= 4 is 23.5 Å². The average molecular weight is 436 g/mol. The number of carbonyl (C=O) groups is 3. The van der Waals surface area contributed by atoms with Gasteiger partial charge in [-0.15, -0.1) is 0 Å². The fourth-order valence-corrected chi connectivity index (χ4v) is 2.72. The minimum atomic E-state index is -0.933. The Balaban J connectivity index is 1.88. The van der Waals surface area contributed by atoms with E-state index in [-0.39, 0.29) is 22.5 Å². The molecule has 0 unspecified atom stereocenters. The summed E-state index contributed by atoms with van der Waals surface area (Å²) in [5.41, 5.74) is 0.997. The van der Waals surface area contributed by atoms with Gasteiger partial charge in [-0.3, -0.25) is 0 Å². The van der Waals surface area contributed by atoms with Crippen LogP contribution in [0.4, 0.5) is 0 Å². The summed E-state index contributed by atoms with van der Waals surface area (Å²) in [6.07, 6.45) is 1.12. The fourth-order valence-electron chi connectivity index (χ4n) is 2.72. The topological polar surface area (TPSA) is 97.4 Å². The molecule has 0 atom stereocenters. The summed E-state index contributed by atoms with van der Waals surface area (Å²) in [5, 5.41) is 0. The Labute approximate surface area is 184 Å². The zero-order valence-corrected chi connectivity index (χ0v) is 17.7. The van der Waals surface area contributed by atoms with E-state index in [1.807, 2.05) is 0 Å². The van der Waals surface area contributed by atoms with Gasteiger partial charge in [-0.25, -0.2) is 24.2 Å². The van der Waals surface area contributed by atoms with Crippen molar-refractivity contribution in [2.75, 3.05) is 7.11 Å².